The van der Waals surface area contributed by atoms with E-state index in [1.165, 1.54) is 65.5 Å². The molecule has 0 unspecified atom stereocenters. The lowest BCUT2D eigenvalue weighted by Crippen LogP contribution is -2.26. The van der Waals surface area contributed by atoms with Gasteiger partial charge in [0.2, 0.25) is 0 Å². The second kappa shape index (κ2) is 13.1. The molecule has 6 rings (SSSR count). The van der Waals surface area contributed by atoms with Gasteiger partial charge < -0.3 is 5.32 Å². The third kappa shape index (κ3) is 6.35. The van der Waals surface area contributed by atoms with E-state index in [0.717, 1.165) is 0 Å². The summed E-state index contributed by atoms with van der Waals surface area (Å²) in [7, 11) is -1.55. The molecule has 1 N–H and O–H groups in total. The lowest BCUT2D eigenvalue weighted by Gasteiger charge is -2.27. The largest absolute Gasteiger partial charge is 0.354 e. The first-order valence-corrected chi connectivity index (χ1v) is 17.5. The zero-order valence-electron chi connectivity index (χ0n) is 25.3. The minimum atomic E-state index is -0.775. The normalized spacial score (nSPS) is 11.2. The topological polar surface area (TPSA) is 12.0 Å². The van der Waals surface area contributed by atoms with E-state index < -0.39 is 15.8 Å². The fourth-order valence-electron chi connectivity index (χ4n) is 5.48. The van der Waals surface area contributed by atoms with Crippen LogP contribution in [-0.4, -0.2) is 0 Å². The molecule has 0 radical (unpaired) electrons. The lowest BCUT2D eigenvalue weighted by atomic mass is 10.1. The lowest BCUT2D eigenvalue weighted by molar-refractivity contribution is 1.34. The summed E-state index contributed by atoms with van der Waals surface area (Å²) in [4.78, 5) is 0. The van der Waals surface area contributed by atoms with Crippen molar-refractivity contribution < 1.29 is 0 Å². The van der Waals surface area contributed by atoms with E-state index in [4.69, 9.17) is 0 Å². The van der Waals surface area contributed by atoms with Crippen molar-refractivity contribution in [3.8, 4) is 0 Å². The number of aryl methyl sites for hydroxylation is 4. The zero-order valence-corrected chi connectivity index (χ0v) is 27.0. The average molecular weight is 594 g/mol. The predicted octanol–water partition coefficient (Wildman–Crippen LogP) is 8.18. The van der Waals surface area contributed by atoms with Crippen LogP contribution in [-0.2, 0) is 0 Å². The van der Waals surface area contributed by atoms with Crippen molar-refractivity contribution in [2.45, 2.75) is 27.7 Å². The van der Waals surface area contributed by atoms with Crippen LogP contribution in [0.2, 0.25) is 0 Å². The first-order valence-electron chi connectivity index (χ1n) is 14.8. The Bertz CT molecular complexity index is 1600. The summed E-state index contributed by atoms with van der Waals surface area (Å²) in [6, 6.07) is 53.5. The van der Waals surface area contributed by atoms with Crippen molar-refractivity contribution >= 4 is 59.0 Å². The SMILES string of the molecule is Cc1cc(Nc2cc(C)c(C)cc2P(c2ccccc2)c2ccccc2)c(P(c2ccccc2)c2ccccc2)cc1C. The quantitative estimate of drug-likeness (QED) is 0.176. The minimum absolute atomic E-state index is 0.775. The van der Waals surface area contributed by atoms with Crippen LogP contribution < -0.4 is 37.1 Å². The molecule has 212 valence electrons. The summed E-state index contributed by atoms with van der Waals surface area (Å²) in [6.45, 7) is 8.91. The summed E-state index contributed by atoms with van der Waals surface area (Å²) in [5.74, 6) is 0. The fraction of sp³-hybridized carbons (Fsp3) is 0.100. The van der Waals surface area contributed by atoms with Gasteiger partial charge in [0.1, 0.15) is 0 Å². The highest BCUT2D eigenvalue weighted by atomic mass is 31.1. The molecule has 0 aliphatic rings. The summed E-state index contributed by atoms with van der Waals surface area (Å²) in [5, 5.41) is 12.2. The molecule has 0 aromatic heterocycles. The van der Waals surface area contributed by atoms with Crippen LogP contribution in [0.1, 0.15) is 22.3 Å². The summed E-state index contributed by atoms with van der Waals surface area (Å²) >= 11 is 0. The van der Waals surface area contributed by atoms with E-state index in [-0.39, 0.29) is 0 Å². The molecule has 3 heteroatoms. The maximum Gasteiger partial charge on any atom is 0.0472 e. The van der Waals surface area contributed by atoms with Crippen LogP contribution in [0, 0.1) is 27.7 Å². The van der Waals surface area contributed by atoms with Gasteiger partial charge >= 0.3 is 0 Å². The maximum absolute atomic E-state index is 4.05. The van der Waals surface area contributed by atoms with Crippen LogP contribution in [0.25, 0.3) is 0 Å². The molecule has 1 nitrogen and oxygen atoms in total. The molecule has 0 saturated carbocycles. The highest BCUT2D eigenvalue weighted by Crippen LogP contribution is 2.40. The Balaban J connectivity index is 1.56. The molecule has 0 aliphatic heterocycles. The Morgan fingerprint density at radius 2 is 0.605 bits per heavy atom. The molecule has 0 amide bonds. The van der Waals surface area contributed by atoms with Gasteiger partial charge in [0.25, 0.3) is 0 Å². The number of benzene rings is 6. The second-order valence-corrected chi connectivity index (χ2v) is 15.4. The van der Waals surface area contributed by atoms with E-state index in [9.17, 15) is 0 Å². The number of anilines is 2. The van der Waals surface area contributed by atoms with Crippen LogP contribution in [0.15, 0.2) is 146 Å². The van der Waals surface area contributed by atoms with Crippen molar-refractivity contribution in [2.75, 3.05) is 5.32 Å². The standard InChI is InChI=1S/C40H37NP2/c1-29-25-37(39(27-31(29)3)42(33-17-9-5-10-18-33)34-19-11-6-12-20-34)41-38-26-30(2)32(4)28-40(38)43(35-21-13-7-14-22-35)36-23-15-8-16-24-36/h5-28,41H,1-4H3. The molecule has 0 aliphatic carbocycles. The van der Waals surface area contributed by atoms with Gasteiger partial charge in [0.05, 0.1) is 0 Å². The highest BCUT2D eigenvalue weighted by Gasteiger charge is 2.24. The second-order valence-electron chi connectivity index (χ2n) is 11.0. The van der Waals surface area contributed by atoms with Crippen molar-refractivity contribution in [2.24, 2.45) is 0 Å². The van der Waals surface area contributed by atoms with Gasteiger partial charge in [-0.05, 0) is 111 Å². The predicted molar refractivity (Wildman–Crippen MR) is 193 cm³/mol. The molecule has 6 aromatic rings. The maximum atomic E-state index is 4.05. The smallest absolute Gasteiger partial charge is 0.0472 e. The van der Waals surface area contributed by atoms with E-state index in [0.29, 0.717) is 0 Å². The zero-order chi connectivity index (χ0) is 29.8. The van der Waals surface area contributed by atoms with Crippen molar-refractivity contribution in [1.29, 1.82) is 0 Å². The summed E-state index contributed by atoms with van der Waals surface area (Å²) < 4.78 is 0. The van der Waals surface area contributed by atoms with Gasteiger partial charge in [-0.1, -0.05) is 121 Å². The first kappa shape index (κ1) is 29.1. The molecule has 0 fully saturated rings. The summed E-state index contributed by atoms with van der Waals surface area (Å²) in [6.07, 6.45) is 0. The Morgan fingerprint density at radius 1 is 0.349 bits per heavy atom. The third-order valence-electron chi connectivity index (χ3n) is 8.03. The Morgan fingerprint density at radius 3 is 0.884 bits per heavy atom. The number of nitrogens with one attached hydrogen (secondary N) is 1. The Kier molecular flexibility index (Phi) is 8.85. The Labute approximate surface area is 259 Å². The van der Waals surface area contributed by atoms with E-state index in [1.807, 2.05) is 0 Å². The molecule has 0 saturated heterocycles. The minimum Gasteiger partial charge on any atom is -0.354 e. The van der Waals surface area contributed by atoms with Crippen LogP contribution in [0.5, 0.6) is 0 Å². The molecule has 0 heterocycles. The molecular weight excluding hydrogens is 556 g/mol. The van der Waals surface area contributed by atoms with Crippen LogP contribution >= 0.6 is 15.8 Å². The monoisotopic (exact) mass is 593 g/mol. The highest BCUT2D eigenvalue weighted by molar-refractivity contribution is 7.80. The molecular formula is C40H37NP2. The number of rotatable bonds is 8. The molecule has 0 bridgehead atoms. The van der Waals surface area contributed by atoms with Gasteiger partial charge in [-0.15, -0.1) is 0 Å². The van der Waals surface area contributed by atoms with Gasteiger partial charge in [-0.25, -0.2) is 0 Å². The molecule has 0 atom stereocenters. The van der Waals surface area contributed by atoms with Crippen LogP contribution in [0.4, 0.5) is 11.4 Å². The van der Waals surface area contributed by atoms with Crippen molar-refractivity contribution in [1.82, 2.24) is 0 Å². The van der Waals surface area contributed by atoms with Crippen molar-refractivity contribution in [3.05, 3.63) is 168 Å². The third-order valence-corrected chi connectivity index (χ3v) is 13.0. The number of hydrogen-bond donors (Lipinski definition) is 1. The van der Waals surface area contributed by atoms with Gasteiger partial charge in [-0.3, -0.25) is 0 Å². The van der Waals surface area contributed by atoms with Crippen molar-refractivity contribution in [3.63, 3.8) is 0 Å². The molecule has 0 spiro atoms. The van der Waals surface area contributed by atoms with Gasteiger partial charge in [0.15, 0.2) is 0 Å². The Hall–Kier alpha value is -4.02. The first-order chi connectivity index (χ1) is 21.0. The van der Waals surface area contributed by atoms with E-state index in [1.54, 1.807) is 0 Å². The van der Waals surface area contributed by atoms with E-state index >= 15 is 0 Å². The molecule has 6 aromatic carbocycles. The van der Waals surface area contributed by atoms with Crippen LogP contribution in [0.3, 0.4) is 0 Å². The van der Waals surface area contributed by atoms with E-state index in [2.05, 4.69) is 179 Å². The van der Waals surface area contributed by atoms with Gasteiger partial charge in [-0.2, -0.15) is 0 Å². The van der Waals surface area contributed by atoms with Gasteiger partial charge in [0, 0.05) is 22.0 Å². The number of hydrogen-bond acceptors (Lipinski definition) is 1. The average Bonchev–Trinajstić information content (AvgIpc) is 3.04. The molecule has 43 heavy (non-hydrogen) atoms. The fourth-order valence-corrected chi connectivity index (χ4v) is 10.4. The summed E-state index contributed by atoms with van der Waals surface area (Å²) in [5.41, 5.74) is 7.58.